The smallest absolute Gasteiger partial charge is 0.347 e. The van der Waals surface area contributed by atoms with Crippen LogP contribution in [0.1, 0.15) is 39.4 Å². The number of hydrogen-bond acceptors (Lipinski definition) is 4. The fourth-order valence-electron chi connectivity index (χ4n) is 4.75. The van der Waals surface area contributed by atoms with Crippen molar-refractivity contribution in [3.8, 4) is 0 Å². The Kier molecular flexibility index (Phi) is 5.70. The molecule has 0 amide bonds. The van der Waals surface area contributed by atoms with E-state index in [-0.39, 0.29) is 11.5 Å². The molecule has 2 aromatic carbocycles. The lowest BCUT2D eigenvalue weighted by atomic mass is 9.84. The van der Waals surface area contributed by atoms with Crippen LogP contribution in [-0.4, -0.2) is 25.8 Å². The molecule has 5 rings (SSSR count). The van der Waals surface area contributed by atoms with Gasteiger partial charge in [0.25, 0.3) is 0 Å². The van der Waals surface area contributed by atoms with Crippen molar-refractivity contribution in [3.05, 3.63) is 89.1 Å². The van der Waals surface area contributed by atoms with Crippen LogP contribution in [-0.2, 0) is 31.0 Å². The summed E-state index contributed by atoms with van der Waals surface area (Å²) in [6.07, 6.45) is 0.799. The molecule has 0 saturated carbocycles. The number of halogens is 3. The number of carbonyl (C=O) groups excluding carboxylic acids is 1. The molecule has 1 aliphatic carbocycles. The Hall–Kier alpha value is -3.88. The fourth-order valence-corrected chi connectivity index (χ4v) is 4.75. The van der Waals surface area contributed by atoms with E-state index >= 15 is 0 Å². The van der Waals surface area contributed by atoms with Crippen LogP contribution in [0.3, 0.4) is 0 Å². The zero-order valence-corrected chi connectivity index (χ0v) is 19.2. The molecule has 1 unspecified atom stereocenters. The second-order valence-corrected chi connectivity index (χ2v) is 8.69. The van der Waals surface area contributed by atoms with E-state index in [0.29, 0.717) is 12.3 Å². The van der Waals surface area contributed by atoms with Gasteiger partial charge in [-0.15, -0.1) is 0 Å². The summed E-state index contributed by atoms with van der Waals surface area (Å²) in [5, 5.41) is 5.34. The van der Waals surface area contributed by atoms with Gasteiger partial charge in [0.2, 0.25) is 0 Å². The Labute approximate surface area is 199 Å². The Bertz CT molecular complexity index is 1430. The molecule has 4 aromatic rings. The molecule has 1 atom stereocenters. The monoisotopic (exact) mass is 480 g/mol. The predicted octanol–water partition coefficient (Wildman–Crippen LogP) is 5.53. The second-order valence-electron chi connectivity index (χ2n) is 8.69. The molecule has 9 heteroatoms. The van der Waals surface area contributed by atoms with E-state index in [4.69, 9.17) is 4.84 Å². The number of imidazole rings is 1. The maximum Gasteiger partial charge on any atom is 0.416 e. The van der Waals surface area contributed by atoms with E-state index in [2.05, 4.69) is 14.7 Å². The van der Waals surface area contributed by atoms with Gasteiger partial charge in [-0.1, -0.05) is 23.4 Å². The predicted molar refractivity (Wildman–Crippen MR) is 125 cm³/mol. The molecule has 35 heavy (non-hydrogen) atoms. The van der Waals surface area contributed by atoms with Gasteiger partial charge in [0.15, 0.2) is 0 Å². The van der Waals surface area contributed by atoms with Crippen LogP contribution in [0.15, 0.2) is 66.1 Å². The minimum absolute atomic E-state index is 0.00157. The highest BCUT2D eigenvalue weighted by Crippen LogP contribution is 2.35. The number of aryl methyl sites for hydroxylation is 2. The van der Waals surface area contributed by atoms with Gasteiger partial charge in [-0.25, -0.2) is 9.78 Å². The second kappa shape index (κ2) is 8.72. The summed E-state index contributed by atoms with van der Waals surface area (Å²) < 4.78 is 42.8. The lowest BCUT2D eigenvalue weighted by molar-refractivity contribution is -0.137. The third kappa shape index (κ3) is 4.22. The van der Waals surface area contributed by atoms with Crippen molar-refractivity contribution in [2.45, 2.75) is 32.5 Å². The minimum atomic E-state index is -4.48. The standard InChI is InChI=1S/C26H23F3N4O2/c1-16-30-13-14-33(16)15-18-9-12-22-23(20-5-3-4-6-21(20)32(22)2)24(18)31-35-25(34)17-7-10-19(11-8-17)26(27,28)29/h3-8,10-11,13-14,18H,9,12,15H2,1-2H3/b31-24+. The first-order chi connectivity index (χ1) is 16.7. The van der Waals surface area contributed by atoms with E-state index in [1.54, 1.807) is 6.20 Å². The van der Waals surface area contributed by atoms with Gasteiger partial charge < -0.3 is 14.0 Å². The maximum absolute atomic E-state index is 12.9. The fraction of sp³-hybridized carbons (Fsp3) is 0.269. The van der Waals surface area contributed by atoms with Gasteiger partial charge in [0, 0.05) is 54.1 Å². The Balaban J connectivity index is 1.52. The number of nitrogens with zero attached hydrogens (tertiary/aromatic N) is 4. The van der Waals surface area contributed by atoms with Crippen molar-refractivity contribution in [3.63, 3.8) is 0 Å². The number of benzene rings is 2. The number of aromatic nitrogens is 3. The highest BCUT2D eigenvalue weighted by Gasteiger charge is 2.32. The molecule has 0 bridgehead atoms. The molecule has 2 aromatic heterocycles. The number of para-hydroxylation sites is 1. The lowest BCUT2D eigenvalue weighted by Crippen LogP contribution is -2.28. The summed E-state index contributed by atoms with van der Waals surface area (Å²) in [5.74, 6) is 0.0209. The molecule has 6 nitrogen and oxygen atoms in total. The van der Waals surface area contributed by atoms with Gasteiger partial charge in [-0.2, -0.15) is 13.2 Å². The summed E-state index contributed by atoms with van der Waals surface area (Å²) in [5.41, 5.74) is 2.92. The van der Waals surface area contributed by atoms with Crippen LogP contribution in [0, 0.1) is 12.8 Å². The van der Waals surface area contributed by atoms with Crippen molar-refractivity contribution in [2.24, 2.45) is 18.1 Å². The molecule has 0 aliphatic heterocycles. The van der Waals surface area contributed by atoms with Crippen LogP contribution < -0.4 is 0 Å². The molecule has 1 aliphatic rings. The van der Waals surface area contributed by atoms with Gasteiger partial charge in [-0.05, 0) is 50.1 Å². The number of oxime groups is 1. The zero-order valence-electron chi connectivity index (χ0n) is 19.2. The van der Waals surface area contributed by atoms with Crippen molar-refractivity contribution in [1.82, 2.24) is 14.1 Å². The summed E-state index contributed by atoms with van der Waals surface area (Å²) >= 11 is 0. The van der Waals surface area contributed by atoms with Crippen LogP contribution in [0.5, 0.6) is 0 Å². The van der Waals surface area contributed by atoms with Gasteiger partial charge >= 0.3 is 12.1 Å². The first kappa shape index (κ1) is 22.9. The maximum atomic E-state index is 12.9. The highest BCUT2D eigenvalue weighted by atomic mass is 19.4. The highest BCUT2D eigenvalue weighted by molar-refractivity contribution is 6.14. The molecule has 2 heterocycles. The first-order valence-electron chi connectivity index (χ1n) is 11.2. The van der Waals surface area contributed by atoms with Crippen molar-refractivity contribution >= 4 is 22.6 Å². The Morgan fingerprint density at radius 2 is 1.91 bits per heavy atom. The number of fused-ring (bicyclic) bond motifs is 3. The largest absolute Gasteiger partial charge is 0.416 e. The van der Waals surface area contributed by atoms with E-state index in [1.807, 2.05) is 49.0 Å². The third-order valence-electron chi connectivity index (χ3n) is 6.62. The minimum Gasteiger partial charge on any atom is -0.347 e. The van der Waals surface area contributed by atoms with Gasteiger partial charge in [0.05, 0.1) is 16.8 Å². The number of carbonyl (C=O) groups is 1. The number of hydrogen-bond donors (Lipinski definition) is 0. The Morgan fingerprint density at radius 3 is 2.60 bits per heavy atom. The lowest BCUT2D eigenvalue weighted by Gasteiger charge is -2.25. The molecular weight excluding hydrogens is 457 g/mol. The normalized spacial score (nSPS) is 17.1. The molecule has 0 saturated heterocycles. The van der Waals surface area contributed by atoms with Crippen molar-refractivity contribution in [2.75, 3.05) is 0 Å². The summed E-state index contributed by atoms with van der Waals surface area (Å²) in [7, 11) is 2.01. The van der Waals surface area contributed by atoms with E-state index in [0.717, 1.165) is 65.1 Å². The Morgan fingerprint density at radius 1 is 1.17 bits per heavy atom. The number of alkyl halides is 3. The number of rotatable bonds is 4. The zero-order chi connectivity index (χ0) is 24.7. The van der Waals surface area contributed by atoms with Gasteiger partial charge in [0.1, 0.15) is 5.82 Å². The van der Waals surface area contributed by atoms with Crippen LogP contribution in [0.25, 0.3) is 10.9 Å². The molecule has 180 valence electrons. The van der Waals surface area contributed by atoms with Crippen molar-refractivity contribution in [1.29, 1.82) is 0 Å². The summed E-state index contributed by atoms with van der Waals surface area (Å²) in [6.45, 7) is 2.54. The molecule has 0 radical (unpaired) electrons. The van der Waals surface area contributed by atoms with Gasteiger partial charge in [-0.3, -0.25) is 0 Å². The van der Waals surface area contributed by atoms with Crippen LogP contribution in [0.4, 0.5) is 13.2 Å². The summed E-state index contributed by atoms with van der Waals surface area (Å²) in [4.78, 5) is 22.3. The molecule has 0 N–H and O–H groups in total. The van der Waals surface area contributed by atoms with Crippen molar-refractivity contribution < 1.29 is 22.8 Å². The first-order valence-corrected chi connectivity index (χ1v) is 11.2. The van der Waals surface area contributed by atoms with Crippen LogP contribution in [0.2, 0.25) is 0 Å². The molecule has 0 fully saturated rings. The van der Waals surface area contributed by atoms with E-state index in [1.165, 1.54) is 0 Å². The molecular formula is C26H23F3N4O2. The third-order valence-corrected chi connectivity index (χ3v) is 6.62. The topological polar surface area (TPSA) is 61.4 Å². The van der Waals surface area contributed by atoms with E-state index < -0.39 is 17.7 Å². The summed E-state index contributed by atoms with van der Waals surface area (Å²) in [6, 6.07) is 11.9. The van der Waals surface area contributed by atoms with Crippen LogP contribution >= 0.6 is 0 Å². The van der Waals surface area contributed by atoms with E-state index in [9.17, 15) is 18.0 Å². The average Bonchev–Trinajstić information content (AvgIpc) is 3.38. The molecule has 0 spiro atoms. The quantitative estimate of drug-likeness (QED) is 0.285. The average molecular weight is 480 g/mol. The SMILES string of the molecule is Cc1nccn1CC1CCc2c(c3ccccc3n2C)/C1=N/OC(=O)c1ccc(C(F)(F)F)cc1.